The second-order valence-corrected chi connectivity index (χ2v) is 8.44. The Kier molecular flexibility index (Phi) is 10.4. The Labute approximate surface area is 160 Å². The number of aliphatic hydroxyl groups excluding tert-OH is 1. The molecule has 0 aromatic heterocycles. The molecule has 150 valence electrons. The number of rotatable bonds is 9. The second-order valence-electron chi connectivity index (χ2n) is 8.44. The maximum Gasteiger partial charge on any atom is 0.305 e. The van der Waals surface area contributed by atoms with Crippen molar-refractivity contribution < 1.29 is 14.6 Å². The van der Waals surface area contributed by atoms with Crippen molar-refractivity contribution in [1.29, 1.82) is 0 Å². The van der Waals surface area contributed by atoms with E-state index in [1.165, 1.54) is 51.4 Å². The lowest BCUT2D eigenvalue weighted by atomic mass is 9.83. The number of aliphatic hydroxyl groups is 1. The van der Waals surface area contributed by atoms with Gasteiger partial charge in [0.1, 0.15) is 0 Å². The first-order chi connectivity index (χ1) is 12.7. The standard InChI is InChI=1S/C23H40O3/c1-2-3-4-5-6-7-8-12-15-21-20-14-11-9-10-13-16-23(25)26-18-19(20)17-22(21)24/h9,11,19-22,24H,2-8,10,12-18H2,1H3/b11-9-/t19-,20+,21-,22-/m1/s1. The smallest absolute Gasteiger partial charge is 0.305 e. The lowest BCUT2D eigenvalue weighted by Crippen LogP contribution is -2.22. The van der Waals surface area contributed by atoms with E-state index in [9.17, 15) is 9.90 Å². The number of hydrogen-bond acceptors (Lipinski definition) is 3. The summed E-state index contributed by atoms with van der Waals surface area (Å²) in [6.07, 6.45) is 20.2. The molecule has 0 aromatic carbocycles. The molecular formula is C23H40O3. The summed E-state index contributed by atoms with van der Waals surface area (Å²) in [5, 5.41) is 10.6. The minimum absolute atomic E-state index is 0.0694. The zero-order valence-electron chi connectivity index (χ0n) is 16.8. The average Bonchev–Trinajstić information content (AvgIpc) is 2.91. The molecule has 2 aliphatic rings. The number of ether oxygens (including phenoxy) is 1. The molecule has 3 heteroatoms. The molecule has 1 N–H and O–H groups in total. The van der Waals surface area contributed by atoms with Gasteiger partial charge in [-0.2, -0.15) is 0 Å². The van der Waals surface area contributed by atoms with Crippen LogP contribution in [0.5, 0.6) is 0 Å². The highest BCUT2D eigenvalue weighted by molar-refractivity contribution is 5.69. The fraction of sp³-hybridized carbons (Fsp3) is 0.870. The molecule has 4 atom stereocenters. The van der Waals surface area contributed by atoms with Crippen LogP contribution in [0.2, 0.25) is 0 Å². The molecule has 0 radical (unpaired) electrons. The van der Waals surface area contributed by atoms with E-state index in [2.05, 4.69) is 19.1 Å². The predicted octanol–water partition coefficient (Wildman–Crippen LogP) is 5.80. The minimum atomic E-state index is -0.218. The Hall–Kier alpha value is -0.830. The maximum atomic E-state index is 11.8. The van der Waals surface area contributed by atoms with Gasteiger partial charge in [-0.1, -0.05) is 70.4 Å². The third-order valence-electron chi connectivity index (χ3n) is 6.37. The summed E-state index contributed by atoms with van der Waals surface area (Å²) >= 11 is 0. The summed E-state index contributed by atoms with van der Waals surface area (Å²) in [5.41, 5.74) is 0. The van der Waals surface area contributed by atoms with E-state index in [4.69, 9.17) is 4.74 Å². The molecule has 1 saturated carbocycles. The van der Waals surface area contributed by atoms with E-state index in [0.29, 0.717) is 30.8 Å². The van der Waals surface area contributed by atoms with Crippen LogP contribution in [-0.2, 0) is 9.53 Å². The van der Waals surface area contributed by atoms with Crippen LogP contribution in [0.15, 0.2) is 12.2 Å². The first-order valence-electron chi connectivity index (χ1n) is 11.2. The van der Waals surface area contributed by atoms with Gasteiger partial charge in [-0.25, -0.2) is 0 Å². The Morgan fingerprint density at radius 1 is 1.08 bits per heavy atom. The molecule has 1 aliphatic carbocycles. The molecule has 0 amide bonds. The molecule has 1 aliphatic heterocycles. The molecule has 3 nitrogen and oxygen atoms in total. The summed E-state index contributed by atoms with van der Waals surface area (Å²) < 4.78 is 5.50. The summed E-state index contributed by atoms with van der Waals surface area (Å²) in [6.45, 7) is 2.76. The number of fused-ring (bicyclic) bond motifs is 1. The van der Waals surface area contributed by atoms with Crippen molar-refractivity contribution in [1.82, 2.24) is 0 Å². The number of cyclic esters (lactones) is 1. The molecule has 0 saturated heterocycles. The monoisotopic (exact) mass is 364 g/mol. The number of carbonyl (C=O) groups excluding carboxylic acids is 1. The van der Waals surface area contributed by atoms with Gasteiger partial charge in [0.05, 0.1) is 12.7 Å². The lowest BCUT2D eigenvalue weighted by molar-refractivity contribution is -0.145. The summed E-state index contributed by atoms with van der Waals surface area (Å²) in [6, 6.07) is 0. The number of allylic oxidation sites excluding steroid dienone is 2. The van der Waals surface area contributed by atoms with Crippen LogP contribution >= 0.6 is 0 Å². The Morgan fingerprint density at radius 3 is 2.58 bits per heavy atom. The fourth-order valence-corrected chi connectivity index (χ4v) is 4.78. The third-order valence-corrected chi connectivity index (χ3v) is 6.37. The largest absolute Gasteiger partial charge is 0.465 e. The molecule has 0 aromatic rings. The molecule has 26 heavy (non-hydrogen) atoms. The molecule has 0 spiro atoms. The van der Waals surface area contributed by atoms with E-state index in [-0.39, 0.29) is 12.1 Å². The highest BCUT2D eigenvalue weighted by atomic mass is 16.5. The van der Waals surface area contributed by atoms with Crippen LogP contribution in [0.25, 0.3) is 0 Å². The first-order valence-corrected chi connectivity index (χ1v) is 11.2. The van der Waals surface area contributed by atoms with Crippen molar-refractivity contribution >= 4 is 5.97 Å². The van der Waals surface area contributed by atoms with Crippen LogP contribution in [0.1, 0.15) is 96.8 Å². The SMILES string of the molecule is CCCCCCCCCC[C@@H]1[C@H]2C/C=C\CCCC(=O)OC[C@H]2C[C@H]1O. The second kappa shape index (κ2) is 12.5. The molecule has 0 bridgehead atoms. The summed E-state index contributed by atoms with van der Waals surface area (Å²) in [5.74, 6) is 1.11. The van der Waals surface area contributed by atoms with E-state index in [1.807, 2.05) is 0 Å². The van der Waals surface area contributed by atoms with Gasteiger partial charge in [-0.15, -0.1) is 0 Å². The van der Waals surface area contributed by atoms with Crippen molar-refractivity contribution in [2.75, 3.05) is 6.61 Å². The van der Waals surface area contributed by atoms with Gasteiger partial charge in [0.15, 0.2) is 0 Å². The van der Waals surface area contributed by atoms with Crippen LogP contribution in [0.4, 0.5) is 0 Å². The van der Waals surface area contributed by atoms with Gasteiger partial charge in [-0.3, -0.25) is 4.79 Å². The average molecular weight is 365 g/mol. The highest BCUT2D eigenvalue weighted by Crippen LogP contribution is 2.43. The molecule has 1 fully saturated rings. The van der Waals surface area contributed by atoms with Crippen molar-refractivity contribution in [3.63, 3.8) is 0 Å². The van der Waals surface area contributed by atoms with Gasteiger partial charge >= 0.3 is 5.97 Å². The lowest BCUT2D eigenvalue weighted by Gasteiger charge is -2.24. The van der Waals surface area contributed by atoms with E-state index >= 15 is 0 Å². The maximum absolute atomic E-state index is 11.8. The van der Waals surface area contributed by atoms with Crippen LogP contribution in [0.3, 0.4) is 0 Å². The number of carbonyl (C=O) groups is 1. The Morgan fingerprint density at radius 2 is 1.81 bits per heavy atom. The van der Waals surface area contributed by atoms with Crippen molar-refractivity contribution in [3.05, 3.63) is 12.2 Å². The zero-order valence-corrected chi connectivity index (χ0v) is 16.8. The summed E-state index contributed by atoms with van der Waals surface area (Å²) in [4.78, 5) is 11.8. The fourth-order valence-electron chi connectivity index (χ4n) is 4.78. The van der Waals surface area contributed by atoms with Crippen LogP contribution < -0.4 is 0 Å². The van der Waals surface area contributed by atoms with Gasteiger partial charge < -0.3 is 9.84 Å². The van der Waals surface area contributed by atoms with E-state index < -0.39 is 0 Å². The van der Waals surface area contributed by atoms with E-state index in [0.717, 1.165) is 32.1 Å². The van der Waals surface area contributed by atoms with Crippen molar-refractivity contribution in [3.8, 4) is 0 Å². The normalized spacial score (nSPS) is 31.1. The van der Waals surface area contributed by atoms with Crippen LogP contribution in [-0.4, -0.2) is 23.8 Å². The van der Waals surface area contributed by atoms with Gasteiger partial charge in [-0.05, 0) is 49.9 Å². The zero-order chi connectivity index (χ0) is 18.6. The van der Waals surface area contributed by atoms with Gasteiger partial charge in [0, 0.05) is 6.42 Å². The topological polar surface area (TPSA) is 46.5 Å². The molecule has 2 rings (SSSR count). The molecular weight excluding hydrogens is 324 g/mol. The van der Waals surface area contributed by atoms with Gasteiger partial charge in [0.25, 0.3) is 0 Å². The predicted molar refractivity (Wildman–Crippen MR) is 107 cm³/mol. The first kappa shape index (κ1) is 21.5. The van der Waals surface area contributed by atoms with Crippen molar-refractivity contribution in [2.45, 2.75) is 103 Å². The third kappa shape index (κ3) is 7.42. The Bertz CT molecular complexity index is 418. The number of esters is 1. The van der Waals surface area contributed by atoms with Crippen molar-refractivity contribution in [2.24, 2.45) is 17.8 Å². The minimum Gasteiger partial charge on any atom is -0.465 e. The molecule has 1 heterocycles. The Balaban J connectivity index is 1.76. The molecule has 0 unspecified atom stereocenters. The summed E-state index contributed by atoms with van der Waals surface area (Å²) in [7, 11) is 0. The van der Waals surface area contributed by atoms with Crippen LogP contribution in [0, 0.1) is 17.8 Å². The quantitative estimate of drug-likeness (QED) is 0.319. The highest BCUT2D eigenvalue weighted by Gasteiger charge is 2.41. The number of hydrogen-bond donors (Lipinski definition) is 1. The van der Waals surface area contributed by atoms with E-state index in [1.54, 1.807) is 0 Å². The van der Waals surface area contributed by atoms with Gasteiger partial charge in [0.2, 0.25) is 0 Å². The number of unbranched alkanes of at least 4 members (excludes halogenated alkanes) is 7.